The van der Waals surface area contributed by atoms with Gasteiger partial charge < -0.3 is 0 Å². The van der Waals surface area contributed by atoms with Crippen LogP contribution in [0.1, 0.15) is 78.5 Å². The number of benzene rings is 1. The highest BCUT2D eigenvalue weighted by molar-refractivity contribution is 6.07. The molecule has 0 saturated carbocycles. The molecule has 0 saturated heterocycles. The molecule has 0 aliphatic heterocycles. The van der Waals surface area contributed by atoms with Gasteiger partial charge in [-0.3, -0.25) is 0 Å². The fourth-order valence-electron chi connectivity index (χ4n) is 4.42. The van der Waals surface area contributed by atoms with Crippen LogP contribution in [0.15, 0.2) is 53.6 Å². The van der Waals surface area contributed by atoms with Crippen molar-refractivity contribution < 1.29 is 19.4 Å². The molecular formula is C28H34O4. The van der Waals surface area contributed by atoms with E-state index in [4.69, 9.17) is 4.89 Å². The fraction of sp³-hybridized carbons (Fsp3) is 0.429. The van der Waals surface area contributed by atoms with Crippen LogP contribution >= 0.6 is 0 Å². The molecule has 1 aromatic carbocycles. The van der Waals surface area contributed by atoms with E-state index < -0.39 is 17.4 Å². The summed E-state index contributed by atoms with van der Waals surface area (Å²) >= 11 is 0. The molecule has 4 nitrogen and oxygen atoms in total. The summed E-state index contributed by atoms with van der Waals surface area (Å²) in [7, 11) is 0. The van der Waals surface area contributed by atoms with E-state index in [9.17, 15) is 9.59 Å². The Morgan fingerprint density at radius 1 is 1.06 bits per heavy atom. The molecule has 2 aliphatic rings. The van der Waals surface area contributed by atoms with E-state index in [0.717, 1.165) is 23.1 Å². The number of hydrogen-bond acceptors (Lipinski definition) is 4. The Labute approximate surface area is 191 Å². The topological polar surface area (TPSA) is 52.6 Å². The maximum Gasteiger partial charge on any atom is 0.387 e. The van der Waals surface area contributed by atoms with E-state index in [1.54, 1.807) is 0 Å². The Kier molecular flexibility index (Phi) is 5.88. The summed E-state index contributed by atoms with van der Waals surface area (Å²) in [6.07, 6.45) is 7.50. The number of allylic oxidation sites excluding steroid dienone is 4. The van der Waals surface area contributed by atoms with E-state index in [1.165, 1.54) is 18.1 Å². The first-order valence-electron chi connectivity index (χ1n) is 11.0. The van der Waals surface area contributed by atoms with Crippen molar-refractivity contribution in [3.63, 3.8) is 0 Å². The van der Waals surface area contributed by atoms with Gasteiger partial charge >= 0.3 is 11.9 Å². The van der Waals surface area contributed by atoms with Crippen LogP contribution in [0.5, 0.6) is 0 Å². The second-order valence-electron chi connectivity index (χ2n) is 11.0. The lowest BCUT2D eigenvalue weighted by atomic mass is 9.65. The van der Waals surface area contributed by atoms with Gasteiger partial charge in [-0.15, -0.1) is 0 Å². The van der Waals surface area contributed by atoms with Crippen LogP contribution in [0.25, 0.3) is 11.6 Å². The molecule has 0 atom stereocenters. The standard InChI is InChI=1S/C28H34O4/c1-17-23(25(30)32-31-18(2)29)24(22(26(3,4)5)16-28(17,8)9)20-13-12-19-11-10-14-27(6,7)21(19)15-20/h10-13,15-16H,1,14H2,2-9H3. The van der Waals surface area contributed by atoms with Crippen LogP contribution in [0.4, 0.5) is 0 Å². The van der Waals surface area contributed by atoms with Crippen LogP contribution in [0, 0.1) is 10.8 Å². The second-order valence-corrected chi connectivity index (χ2v) is 11.0. The molecule has 170 valence electrons. The largest absolute Gasteiger partial charge is 0.387 e. The van der Waals surface area contributed by atoms with E-state index in [-0.39, 0.29) is 10.8 Å². The van der Waals surface area contributed by atoms with Gasteiger partial charge in [0.05, 0.1) is 5.57 Å². The highest BCUT2D eigenvalue weighted by Gasteiger charge is 2.40. The van der Waals surface area contributed by atoms with Gasteiger partial charge in [0.2, 0.25) is 0 Å². The highest BCUT2D eigenvalue weighted by Crippen LogP contribution is 2.51. The SMILES string of the molecule is C=C1C(C(=O)OOC(C)=O)=C(c2ccc3c(c2)C(C)(C)CC=C3)C(C(C)(C)C)=CC1(C)C. The van der Waals surface area contributed by atoms with Gasteiger partial charge in [0.25, 0.3) is 0 Å². The first-order chi connectivity index (χ1) is 14.6. The lowest BCUT2D eigenvalue weighted by Gasteiger charge is -2.38. The minimum atomic E-state index is -0.708. The van der Waals surface area contributed by atoms with Gasteiger partial charge in [-0.1, -0.05) is 85.4 Å². The summed E-state index contributed by atoms with van der Waals surface area (Å²) in [6.45, 7) is 20.3. The summed E-state index contributed by atoms with van der Waals surface area (Å²) in [4.78, 5) is 34.0. The third kappa shape index (κ3) is 4.36. The van der Waals surface area contributed by atoms with Gasteiger partial charge in [-0.05, 0) is 51.2 Å². The molecule has 4 heteroatoms. The summed E-state index contributed by atoms with van der Waals surface area (Å²) < 4.78 is 0. The van der Waals surface area contributed by atoms with Crippen molar-refractivity contribution >= 4 is 23.6 Å². The van der Waals surface area contributed by atoms with Crippen LogP contribution in [-0.4, -0.2) is 11.9 Å². The molecule has 0 unspecified atom stereocenters. The third-order valence-electron chi connectivity index (χ3n) is 6.35. The first-order valence-corrected chi connectivity index (χ1v) is 11.0. The predicted octanol–water partition coefficient (Wildman–Crippen LogP) is 6.72. The molecule has 3 rings (SSSR count). The maximum absolute atomic E-state index is 13.2. The average Bonchev–Trinajstić information content (AvgIpc) is 2.66. The quantitative estimate of drug-likeness (QED) is 0.383. The van der Waals surface area contributed by atoms with E-state index in [0.29, 0.717) is 11.1 Å². The number of fused-ring (bicyclic) bond motifs is 1. The number of carbonyl (C=O) groups is 2. The van der Waals surface area contributed by atoms with Crippen LogP contribution in [0.3, 0.4) is 0 Å². The average molecular weight is 435 g/mol. The Balaban J connectivity index is 2.31. The van der Waals surface area contributed by atoms with Crippen molar-refractivity contribution in [1.82, 2.24) is 0 Å². The Morgan fingerprint density at radius 2 is 1.72 bits per heavy atom. The highest BCUT2D eigenvalue weighted by atomic mass is 17.2. The number of rotatable bonds is 2. The zero-order valence-corrected chi connectivity index (χ0v) is 20.5. The van der Waals surface area contributed by atoms with Crippen molar-refractivity contribution in [3.8, 4) is 0 Å². The second kappa shape index (κ2) is 7.91. The van der Waals surface area contributed by atoms with Crippen molar-refractivity contribution in [1.29, 1.82) is 0 Å². The zero-order valence-electron chi connectivity index (χ0n) is 20.5. The molecule has 0 radical (unpaired) electrons. The van der Waals surface area contributed by atoms with Crippen molar-refractivity contribution in [2.45, 2.75) is 67.2 Å². The maximum atomic E-state index is 13.2. The normalized spacial score (nSPS) is 19.2. The monoisotopic (exact) mass is 434 g/mol. The zero-order chi connectivity index (χ0) is 24.1. The van der Waals surface area contributed by atoms with Gasteiger partial charge in [0, 0.05) is 17.9 Å². The van der Waals surface area contributed by atoms with Gasteiger partial charge in [0.15, 0.2) is 0 Å². The lowest BCUT2D eigenvalue weighted by Crippen LogP contribution is -2.29. The molecular weight excluding hydrogens is 400 g/mol. The fourth-order valence-corrected chi connectivity index (χ4v) is 4.42. The smallest absolute Gasteiger partial charge is 0.248 e. The molecule has 0 spiro atoms. The Morgan fingerprint density at radius 3 is 2.31 bits per heavy atom. The molecule has 32 heavy (non-hydrogen) atoms. The van der Waals surface area contributed by atoms with Crippen molar-refractivity contribution in [2.75, 3.05) is 0 Å². The molecule has 0 fully saturated rings. The van der Waals surface area contributed by atoms with Crippen LogP contribution < -0.4 is 0 Å². The van der Waals surface area contributed by atoms with Crippen LogP contribution in [-0.2, 0) is 24.8 Å². The molecule has 0 heterocycles. The molecule has 0 aromatic heterocycles. The minimum Gasteiger partial charge on any atom is -0.248 e. The van der Waals surface area contributed by atoms with E-state index >= 15 is 0 Å². The molecule has 0 amide bonds. The summed E-state index contributed by atoms with van der Waals surface area (Å²) in [5, 5.41) is 0. The third-order valence-corrected chi connectivity index (χ3v) is 6.35. The lowest BCUT2D eigenvalue weighted by molar-refractivity contribution is -0.253. The molecule has 0 bridgehead atoms. The van der Waals surface area contributed by atoms with Gasteiger partial charge in [-0.25, -0.2) is 19.4 Å². The summed E-state index contributed by atoms with van der Waals surface area (Å²) in [6, 6.07) is 6.33. The summed E-state index contributed by atoms with van der Waals surface area (Å²) in [5.41, 5.74) is 5.43. The predicted molar refractivity (Wildman–Crippen MR) is 128 cm³/mol. The van der Waals surface area contributed by atoms with E-state index in [1.807, 2.05) is 19.9 Å². The van der Waals surface area contributed by atoms with Gasteiger partial charge in [-0.2, -0.15) is 0 Å². The Bertz CT molecular complexity index is 1080. The van der Waals surface area contributed by atoms with Crippen LogP contribution in [0.2, 0.25) is 0 Å². The first kappa shape index (κ1) is 23.8. The molecule has 0 N–H and O–H groups in total. The van der Waals surface area contributed by atoms with Gasteiger partial charge in [0.1, 0.15) is 0 Å². The van der Waals surface area contributed by atoms with Crippen molar-refractivity contribution in [2.24, 2.45) is 10.8 Å². The summed E-state index contributed by atoms with van der Waals surface area (Å²) in [5.74, 6) is -1.39. The molecule has 1 aromatic rings. The number of carbonyl (C=O) groups excluding carboxylic acids is 2. The minimum absolute atomic E-state index is 0.0182. The van der Waals surface area contributed by atoms with Crippen molar-refractivity contribution in [3.05, 3.63) is 70.3 Å². The number of hydrogen-bond donors (Lipinski definition) is 0. The van der Waals surface area contributed by atoms with E-state index in [2.05, 4.69) is 76.4 Å². The molecule has 2 aliphatic carbocycles. The Hall–Kier alpha value is -2.88.